The minimum absolute atomic E-state index is 0.491. The van der Waals surface area contributed by atoms with Crippen molar-refractivity contribution in [1.29, 1.82) is 0 Å². The lowest BCUT2D eigenvalue weighted by atomic mass is 10.1. The number of aromatic nitrogens is 2. The van der Waals surface area contributed by atoms with E-state index >= 15 is 0 Å². The van der Waals surface area contributed by atoms with Crippen LogP contribution in [0.5, 0.6) is 0 Å². The molecule has 1 atom stereocenters. The van der Waals surface area contributed by atoms with Gasteiger partial charge in [0.1, 0.15) is 6.04 Å². The third-order valence-corrected chi connectivity index (χ3v) is 4.48. The van der Waals surface area contributed by atoms with Crippen LogP contribution in [-0.2, 0) is 4.79 Å². The van der Waals surface area contributed by atoms with Crippen molar-refractivity contribution in [2.75, 3.05) is 11.4 Å². The molecule has 3 aromatic rings. The molecule has 2 aromatic carbocycles. The van der Waals surface area contributed by atoms with Gasteiger partial charge in [-0.1, -0.05) is 36.4 Å². The quantitative estimate of drug-likeness (QED) is 0.802. The summed E-state index contributed by atoms with van der Waals surface area (Å²) >= 11 is 0. The number of aliphatic carboxylic acids is 1. The number of benzene rings is 2. The molecular formula is C19H17N3O2. The molecule has 120 valence electrons. The Morgan fingerprint density at radius 3 is 2.79 bits per heavy atom. The second kappa shape index (κ2) is 5.92. The first-order chi connectivity index (χ1) is 11.7. The van der Waals surface area contributed by atoms with Crippen LogP contribution < -0.4 is 4.90 Å². The van der Waals surface area contributed by atoms with Crippen LogP contribution in [0.15, 0.2) is 54.7 Å². The number of hydrogen-bond donors (Lipinski definition) is 1. The SMILES string of the molecule is O=C(O)C1CCCN1c1nccc(-c2ccc3ccccc3c2)n1. The van der Waals surface area contributed by atoms with Gasteiger partial charge in [-0.15, -0.1) is 0 Å². The van der Waals surface area contributed by atoms with Crippen molar-refractivity contribution in [2.24, 2.45) is 0 Å². The smallest absolute Gasteiger partial charge is 0.326 e. The minimum atomic E-state index is -0.813. The van der Waals surface area contributed by atoms with Crippen LogP contribution in [0.1, 0.15) is 12.8 Å². The number of carboxylic acid groups (broad SMARTS) is 1. The first-order valence-electron chi connectivity index (χ1n) is 8.04. The molecule has 1 saturated heterocycles. The third kappa shape index (κ3) is 2.58. The number of carbonyl (C=O) groups is 1. The molecule has 5 nitrogen and oxygen atoms in total. The van der Waals surface area contributed by atoms with Crippen LogP contribution in [0.2, 0.25) is 0 Å². The highest BCUT2D eigenvalue weighted by Gasteiger charge is 2.32. The monoisotopic (exact) mass is 319 g/mol. The van der Waals surface area contributed by atoms with E-state index in [-0.39, 0.29) is 0 Å². The van der Waals surface area contributed by atoms with Crippen molar-refractivity contribution in [1.82, 2.24) is 9.97 Å². The van der Waals surface area contributed by atoms with Crippen LogP contribution in [0.25, 0.3) is 22.0 Å². The third-order valence-electron chi connectivity index (χ3n) is 4.48. The van der Waals surface area contributed by atoms with Gasteiger partial charge in [-0.25, -0.2) is 14.8 Å². The highest BCUT2D eigenvalue weighted by atomic mass is 16.4. The van der Waals surface area contributed by atoms with E-state index < -0.39 is 12.0 Å². The molecule has 1 N–H and O–H groups in total. The van der Waals surface area contributed by atoms with E-state index in [0.29, 0.717) is 18.9 Å². The predicted octanol–water partition coefficient (Wildman–Crippen LogP) is 3.35. The fourth-order valence-corrected chi connectivity index (χ4v) is 3.26. The molecule has 0 spiro atoms. The summed E-state index contributed by atoms with van der Waals surface area (Å²) in [5.41, 5.74) is 1.81. The molecule has 0 aliphatic carbocycles. The molecule has 1 aliphatic heterocycles. The molecule has 0 radical (unpaired) electrons. The first-order valence-corrected chi connectivity index (χ1v) is 8.04. The summed E-state index contributed by atoms with van der Waals surface area (Å²) in [4.78, 5) is 22.1. The van der Waals surface area contributed by atoms with Gasteiger partial charge in [0.2, 0.25) is 5.95 Å². The van der Waals surface area contributed by atoms with Crippen molar-refractivity contribution in [3.05, 3.63) is 54.7 Å². The molecule has 1 aromatic heterocycles. The van der Waals surface area contributed by atoms with Gasteiger partial charge in [0, 0.05) is 18.3 Å². The van der Waals surface area contributed by atoms with Crippen molar-refractivity contribution in [3.63, 3.8) is 0 Å². The molecule has 1 unspecified atom stereocenters. The maximum Gasteiger partial charge on any atom is 0.326 e. The number of rotatable bonds is 3. The molecule has 1 aliphatic rings. The zero-order valence-corrected chi connectivity index (χ0v) is 13.1. The van der Waals surface area contributed by atoms with E-state index in [1.165, 1.54) is 5.39 Å². The van der Waals surface area contributed by atoms with Gasteiger partial charge in [0.05, 0.1) is 5.69 Å². The molecule has 0 bridgehead atoms. The van der Waals surface area contributed by atoms with Gasteiger partial charge < -0.3 is 10.0 Å². The highest BCUT2D eigenvalue weighted by molar-refractivity contribution is 5.86. The molecule has 2 heterocycles. The topological polar surface area (TPSA) is 66.3 Å². The summed E-state index contributed by atoms with van der Waals surface area (Å²) in [6, 6.07) is 15.7. The molecule has 0 amide bonds. The van der Waals surface area contributed by atoms with Gasteiger partial charge in [-0.2, -0.15) is 0 Å². The maximum atomic E-state index is 11.4. The Hall–Kier alpha value is -2.95. The second-order valence-corrected chi connectivity index (χ2v) is 5.99. The fourth-order valence-electron chi connectivity index (χ4n) is 3.26. The van der Waals surface area contributed by atoms with E-state index in [0.717, 1.165) is 23.1 Å². The molecule has 4 rings (SSSR count). The zero-order chi connectivity index (χ0) is 16.5. The largest absolute Gasteiger partial charge is 0.480 e. The first kappa shape index (κ1) is 14.6. The number of fused-ring (bicyclic) bond motifs is 1. The lowest BCUT2D eigenvalue weighted by Gasteiger charge is -2.21. The Labute approximate surface area is 139 Å². The van der Waals surface area contributed by atoms with Crippen LogP contribution in [0, 0.1) is 0 Å². The standard InChI is InChI=1S/C19H17N3O2/c23-18(24)17-6-3-11-22(17)19-20-10-9-16(21-19)15-8-7-13-4-1-2-5-14(13)12-15/h1-2,4-5,7-10,12,17H,3,6,11H2,(H,23,24). The molecular weight excluding hydrogens is 302 g/mol. The van der Waals surface area contributed by atoms with E-state index in [9.17, 15) is 9.90 Å². The highest BCUT2D eigenvalue weighted by Crippen LogP contribution is 2.27. The zero-order valence-electron chi connectivity index (χ0n) is 13.1. The Kier molecular flexibility index (Phi) is 3.61. The maximum absolute atomic E-state index is 11.4. The molecule has 0 saturated carbocycles. The van der Waals surface area contributed by atoms with Gasteiger partial charge >= 0.3 is 5.97 Å². The number of hydrogen-bond acceptors (Lipinski definition) is 4. The van der Waals surface area contributed by atoms with Gasteiger partial charge in [-0.05, 0) is 35.7 Å². The van der Waals surface area contributed by atoms with E-state index in [2.05, 4.69) is 34.2 Å². The predicted molar refractivity (Wildman–Crippen MR) is 93.0 cm³/mol. The van der Waals surface area contributed by atoms with E-state index in [1.54, 1.807) is 11.1 Å². The summed E-state index contributed by atoms with van der Waals surface area (Å²) in [5, 5.41) is 11.7. The number of nitrogens with zero attached hydrogens (tertiary/aromatic N) is 3. The Bertz CT molecular complexity index is 910. The number of anilines is 1. The molecule has 1 fully saturated rings. The summed E-state index contributed by atoms with van der Waals surface area (Å²) in [7, 11) is 0. The fraction of sp³-hybridized carbons (Fsp3) is 0.211. The van der Waals surface area contributed by atoms with Crippen LogP contribution in [0.3, 0.4) is 0 Å². The summed E-state index contributed by atoms with van der Waals surface area (Å²) in [5.74, 6) is -0.322. The number of carboxylic acids is 1. The summed E-state index contributed by atoms with van der Waals surface area (Å²) < 4.78 is 0. The van der Waals surface area contributed by atoms with Crippen molar-refractivity contribution in [3.8, 4) is 11.3 Å². The van der Waals surface area contributed by atoms with Gasteiger partial charge in [-0.3, -0.25) is 0 Å². The van der Waals surface area contributed by atoms with Gasteiger partial charge in [0.15, 0.2) is 0 Å². The Balaban J connectivity index is 1.72. The van der Waals surface area contributed by atoms with E-state index in [1.807, 2.05) is 24.3 Å². The van der Waals surface area contributed by atoms with Crippen molar-refractivity contribution in [2.45, 2.75) is 18.9 Å². The van der Waals surface area contributed by atoms with Crippen LogP contribution >= 0.6 is 0 Å². The average Bonchev–Trinajstić information content (AvgIpc) is 3.11. The van der Waals surface area contributed by atoms with Gasteiger partial charge in [0.25, 0.3) is 0 Å². The Morgan fingerprint density at radius 2 is 1.96 bits per heavy atom. The van der Waals surface area contributed by atoms with Crippen LogP contribution in [-0.4, -0.2) is 33.6 Å². The Morgan fingerprint density at radius 1 is 1.12 bits per heavy atom. The molecule has 5 heteroatoms. The second-order valence-electron chi connectivity index (χ2n) is 5.99. The van der Waals surface area contributed by atoms with Crippen molar-refractivity contribution < 1.29 is 9.90 Å². The summed E-state index contributed by atoms with van der Waals surface area (Å²) in [6.07, 6.45) is 3.18. The lowest BCUT2D eigenvalue weighted by Crippen LogP contribution is -2.37. The van der Waals surface area contributed by atoms with Crippen LogP contribution in [0.4, 0.5) is 5.95 Å². The lowest BCUT2D eigenvalue weighted by molar-refractivity contribution is -0.138. The van der Waals surface area contributed by atoms with Crippen molar-refractivity contribution >= 4 is 22.7 Å². The average molecular weight is 319 g/mol. The minimum Gasteiger partial charge on any atom is -0.480 e. The van der Waals surface area contributed by atoms with E-state index in [4.69, 9.17) is 0 Å². The summed E-state index contributed by atoms with van der Waals surface area (Å²) in [6.45, 7) is 0.679. The normalized spacial score (nSPS) is 17.3. The molecule has 24 heavy (non-hydrogen) atoms.